The maximum atomic E-state index is 13.7. The van der Waals surface area contributed by atoms with Gasteiger partial charge in [0.2, 0.25) is 0 Å². The number of carbonyl (C=O) groups excluding carboxylic acids is 1. The predicted octanol–water partition coefficient (Wildman–Crippen LogP) is 3.02. The zero-order valence-corrected chi connectivity index (χ0v) is 9.45. The van der Waals surface area contributed by atoms with E-state index in [0.717, 1.165) is 12.8 Å². The first kappa shape index (κ1) is 11.1. The number of anilines is 1. The number of aldehydes is 1. The van der Waals surface area contributed by atoms with Crippen LogP contribution in [-0.4, -0.2) is 19.4 Å². The Morgan fingerprint density at radius 3 is 2.62 bits per heavy atom. The molecule has 1 aliphatic carbocycles. The second-order valence-electron chi connectivity index (χ2n) is 4.38. The van der Waals surface area contributed by atoms with Crippen LogP contribution in [0.1, 0.15) is 36.0 Å². The molecule has 3 heteroatoms. The van der Waals surface area contributed by atoms with E-state index in [1.807, 2.05) is 11.9 Å². The minimum atomic E-state index is -0.306. The van der Waals surface area contributed by atoms with Crippen molar-refractivity contribution in [2.24, 2.45) is 0 Å². The van der Waals surface area contributed by atoms with E-state index in [0.29, 0.717) is 23.6 Å². The molecular formula is C13H16FNO. The van der Waals surface area contributed by atoms with Gasteiger partial charge >= 0.3 is 0 Å². The number of benzene rings is 1. The Bertz CT molecular complexity index is 386. The first-order chi connectivity index (χ1) is 7.72. The van der Waals surface area contributed by atoms with Crippen LogP contribution < -0.4 is 4.90 Å². The largest absolute Gasteiger partial charge is 0.369 e. The third kappa shape index (κ3) is 2.08. The van der Waals surface area contributed by atoms with Crippen molar-refractivity contribution >= 4 is 12.0 Å². The fraction of sp³-hybridized carbons (Fsp3) is 0.462. The van der Waals surface area contributed by atoms with E-state index in [2.05, 4.69) is 0 Å². The van der Waals surface area contributed by atoms with E-state index in [-0.39, 0.29) is 5.82 Å². The van der Waals surface area contributed by atoms with Crippen molar-refractivity contribution < 1.29 is 9.18 Å². The van der Waals surface area contributed by atoms with Gasteiger partial charge in [-0.15, -0.1) is 0 Å². The van der Waals surface area contributed by atoms with Crippen LogP contribution in [0.3, 0.4) is 0 Å². The Labute approximate surface area is 95.1 Å². The molecule has 0 unspecified atom stereocenters. The van der Waals surface area contributed by atoms with Crippen LogP contribution in [0, 0.1) is 5.82 Å². The van der Waals surface area contributed by atoms with Gasteiger partial charge in [-0.25, -0.2) is 4.39 Å². The first-order valence-electron chi connectivity index (χ1n) is 5.70. The van der Waals surface area contributed by atoms with Crippen molar-refractivity contribution in [3.05, 3.63) is 29.6 Å². The summed E-state index contributed by atoms with van der Waals surface area (Å²) < 4.78 is 13.7. The Morgan fingerprint density at radius 2 is 2.06 bits per heavy atom. The number of carbonyl (C=O) groups is 1. The molecule has 0 radical (unpaired) electrons. The van der Waals surface area contributed by atoms with E-state index >= 15 is 0 Å². The van der Waals surface area contributed by atoms with Gasteiger partial charge in [0.25, 0.3) is 0 Å². The smallest absolute Gasteiger partial charge is 0.150 e. The Morgan fingerprint density at radius 1 is 1.38 bits per heavy atom. The molecule has 2 rings (SSSR count). The molecule has 1 saturated carbocycles. The van der Waals surface area contributed by atoms with Crippen LogP contribution >= 0.6 is 0 Å². The number of halogens is 1. The van der Waals surface area contributed by atoms with Crippen molar-refractivity contribution in [3.8, 4) is 0 Å². The second-order valence-corrected chi connectivity index (χ2v) is 4.38. The molecular weight excluding hydrogens is 205 g/mol. The molecule has 0 spiro atoms. The van der Waals surface area contributed by atoms with Crippen molar-refractivity contribution in [1.29, 1.82) is 0 Å². The van der Waals surface area contributed by atoms with E-state index in [1.165, 1.54) is 18.9 Å². The van der Waals surface area contributed by atoms with Crippen molar-refractivity contribution in [2.75, 3.05) is 11.9 Å². The monoisotopic (exact) mass is 221 g/mol. The lowest BCUT2D eigenvalue weighted by Gasteiger charge is -2.26. The Balaban J connectivity index is 2.22. The van der Waals surface area contributed by atoms with Gasteiger partial charge in [-0.1, -0.05) is 12.8 Å². The zero-order chi connectivity index (χ0) is 11.5. The quantitative estimate of drug-likeness (QED) is 0.731. The van der Waals surface area contributed by atoms with Gasteiger partial charge < -0.3 is 4.90 Å². The summed E-state index contributed by atoms with van der Waals surface area (Å²) in [4.78, 5) is 12.5. The first-order valence-corrected chi connectivity index (χ1v) is 5.70. The number of hydrogen-bond acceptors (Lipinski definition) is 2. The van der Waals surface area contributed by atoms with E-state index in [1.54, 1.807) is 12.1 Å². The molecule has 0 atom stereocenters. The lowest BCUT2D eigenvalue weighted by Crippen LogP contribution is -2.29. The highest BCUT2D eigenvalue weighted by atomic mass is 19.1. The summed E-state index contributed by atoms with van der Waals surface area (Å²) in [5.74, 6) is -0.306. The van der Waals surface area contributed by atoms with Gasteiger partial charge in [-0.2, -0.15) is 0 Å². The van der Waals surface area contributed by atoms with Crippen LogP contribution in [-0.2, 0) is 0 Å². The van der Waals surface area contributed by atoms with Crippen molar-refractivity contribution in [2.45, 2.75) is 31.7 Å². The SMILES string of the molecule is CN(c1ccc(C=O)cc1F)C1CCCC1. The number of nitrogens with zero attached hydrogens (tertiary/aromatic N) is 1. The maximum absolute atomic E-state index is 13.7. The van der Waals surface area contributed by atoms with Crippen LogP contribution in [0.4, 0.5) is 10.1 Å². The molecule has 0 aromatic heterocycles. The number of hydrogen-bond donors (Lipinski definition) is 0. The van der Waals surface area contributed by atoms with Gasteiger partial charge in [0.05, 0.1) is 5.69 Å². The normalized spacial score (nSPS) is 16.4. The predicted molar refractivity (Wildman–Crippen MR) is 62.4 cm³/mol. The fourth-order valence-electron chi connectivity index (χ4n) is 2.37. The molecule has 1 aromatic carbocycles. The van der Waals surface area contributed by atoms with Gasteiger partial charge in [-0.3, -0.25) is 4.79 Å². The third-order valence-corrected chi connectivity index (χ3v) is 3.36. The average molecular weight is 221 g/mol. The topological polar surface area (TPSA) is 20.3 Å². The molecule has 0 saturated heterocycles. The summed E-state index contributed by atoms with van der Waals surface area (Å²) >= 11 is 0. The van der Waals surface area contributed by atoms with Crippen molar-refractivity contribution in [3.63, 3.8) is 0 Å². The average Bonchev–Trinajstić information content (AvgIpc) is 2.81. The lowest BCUT2D eigenvalue weighted by molar-refractivity contribution is 0.112. The van der Waals surface area contributed by atoms with Gasteiger partial charge in [0.15, 0.2) is 0 Å². The van der Waals surface area contributed by atoms with Gasteiger partial charge in [0.1, 0.15) is 12.1 Å². The highest BCUT2D eigenvalue weighted by Crippen LogP contribution is 2.28. The molecule has 0 aliphatic heterocycles. The molecule has 2 nitrogen and oxygen atoms in total. The number of rotatable bonds is 3. The standard InChI is InChI=1S/C13H16FNO/c1-15(11-4-2-3-5-11)13-7-6-10(9-16)8-12(13)14/h6-9,11H,2-5H2,1H3. The molecule has 1 aromatic rings. The van der Waals surface area contributed by atoms with Crippen LogP contribution in [0.15, 0.2) is 18.2 Å². The summed E-state index contributed by atoms with van der Waals surface area (Å²) in [5, 5.41) is 0. The Hall–Kier alpha value is -1.38. The Kier molecular flexibility index (Phi) is 3.22. The van der Waals surface area contributed by atoms with E-state index in [9.17, 15) is 9.18 Å². The lowest BCUT2D eigenvalue weighted by atomic mass is 10.1. The summed E-state index contributed by atoms with van der Waals surface area (Å²) in [6.07, 6.45) is 5.38. The fourth-order valence-corrected chi connectivity index (χ4v) is 2.37. The van der Waals surface area contributed by atoms with Crippen LogP contribution in [0.25, 0.3) is 0 Å². The third-order valence-electron chi connectivity index (χ3n) is 3.36. The highest BCUT2D eigenvalue weighted by Gasteiger charge is 2.21. The molecule has 0 amide bonds. The maximum Gasteiger partial charge on any atom is 0.150 e. The van der Waals surface area contributed by atoms with Crippen LogP contribution in [0.2, 0.25) is 0 Å². The van der Waals surface area contributed by atoms with Gasteiger partial charge in [-0.05, 0) is 31.0 Å². The van der Waals surface area contributed by atoms with Gasteiger partial charge in [0, 0.05) is 18.7 Å². The molecule has 0 bridgehead atoms. The minimum Gasteiger partial charge on any atom is -0.369 e. The molecule has 16 heavy (non-hydrogen) atoms. The second kappa shape index (κ2) is 4.64. The summed E-state index contributed by atoms with van der Waals surface area (Å²) in [6, 6.07) is 5.10. The molecule has 1 fully saturated rings. The van der Waals surface area contributed by atoms with Crippen molar-refractivity contribution in [1.82, 2.24) is 0 Å². The molecule has 0 heterocycles. The summed E-state index contributed by atoms with van der Waals surface area (Å²) in [5.41, 5.74) is 0.985. The highest BCUT2D eigenvalue weighted by molar-refractivity contribution is 5.76. The van der Waals surface area contributed by atoms with E-state index < -0.39 is 0 Å². The molecule has 1 aliphatic rings. The van der Waals surface area contributed by atoms with E-state index in [4.69, 9.17) is 0 Å². The summed E-state index contributed by atoms with van der Waals surface area (Å²) in [6.45, 7) is 0. The minimum absolute atomic E-state index is 0.306. The molecule has 0 N–H and O–H groups in total. The molecule has 86 valence electrons. The zero-order valence-electron chi connectivity index (χ0n) is 9.45. The summed E-state index contributed by atoms with van der Waals surface area (Å²) in [7, 11) is 1.93. The van der Waals surface area contributed by atoms with Crippen LogP contribution in [0.5, 0.6) is 0 Å².